The van der Waals surface area contributed by atoms with E-state index in [0.29, 0.717) is 5.02 Å². The topological polar surface area (TPSA) is 59.3 Å². The van der Waals surface area contributed by atoms with Gasteiger partial charge in [0, 0.05) is 27.7 Å². The molecule has 2 aromatic heterocycles. The monoisotopic (exact) mass is 454 g/mol. The number of hydrogen-bond acceptors (Lipinski definition) is 5. The molecule has 0 atom stereocenters. The van der Waals surface area contributed by atoms with Crippen LogP contribution in [-0.4, -0.2) is 27.4 Å². The first-order valence-corrected chi connectivity index (χ1v) is 11.4. The van der Waals surface area contributed by atoms with Gasteiger partial charge in [0.1, 0.15) is 0 Å². The van der Waals surface area contributed by atoms with Gasteiger partial charge in [-0.3, -0.25) is 4.79 Å². The van der Waals surface area contributed by atoms with E-state index >= 15 is 0 Å². The maximum atomic E-state index is 12.1. The molecule has 1 amide bonds. The van der Waals surface area contributed by atoms with Crippen LogP contribution in [0, 0.1) is 13.8 Å². The Morgan fingerprint density at radius 1 is 1.23 bits per heavy atom. The van der Waals surface area contributed by atoms with Gasteiger partial charge in [0.05, 0.1) is 22.2 Å². The van der Waals surface area contributed by atoms with Gasteiger partial charge in [0.25, 0.3) is 5.91 Å². The molecule has 4 aromatic rings. The Hall–Kier alpha value is -2.61. The van der Waals surface area contributed by atoms with Crippen LogP contribution < -0.4 is 5.43 Å². The van der Waals surface area contributed by atoms with E-state index in [1.807, 2.05) is 68.4 Å². The second-order valence-electron chi connectivity index (χ2n) is 6.67. The van der Waals surface area contributed by atoms with Gasteiger partial charge in [0.2, 0.25) is 0 Å². The number of nitrogens with one attached hydrogen (secondary N) is 1. The molecule has 0 radical (unpaired) electrons. The number of amides is 1. The van der Waals surface area contributed by atoms with Crippen molar-refractivity contribution in [3.05, 3.63) is 76.6 Å². The van der Waals surface area contributed by atoms with E-state index in [-0.39, 0.29) is 11.7 Å². The second kappa shape index (κ2) is 9.04. The lowest BCUT2D eigenvalue weighted by atomic mass is 10.2. The average Bonchev–Trinajstić information content (AvgIpc) is 3.27. The molecule has 2 heterocycles. The van der Waals surface area contributed by atoms with Crippen LogP contribution in [-0.2, 0) is 4.79 Å². The number of carbonyl (C=O) groups excluding carboxylic acids is 1. The van der Waals surface area contributed by atoms with Gasteiger partial charge in [-0.2, -0.15) is 5.10 Å². The molecule has 0 fully saturated rings. The van der Waals surface area contributed by atoms with Crippen molar-refractivity contribution in [2.75, 3.05) is 5.75 Å². The first-order chi connectivity index (χ1) is 14.5. The van der Waals surface area contributed by atoms with E-state index in [1.54, 1.807) is 17.6 Å². The SMILES string of the molecule is Cc1cc(/C=N\NC(=O)CSc2nc3ccccc3s2)c(C)n1-c1ccc(Cl)cc1. The van der Waals surface area contributed by atoms with Gasteiger partial charge in [-0.25, -0.2) is 10.4 Å². The predicted octanol–water partition coefficient (Wildman–Crippen LogP) is 5.60. The third-order valence-electron chi connectivity index (χ3n) is 4.55. The first kappa shape index (κ1) is 20.7. The smallest absolute Gasteiger partial charge is 0.250 e. The molecule has 30 heavy (non-hydrogen) atoms. The van der Waals surface area contributed by atoms with Crippen LogP contribution in [0.1, 0.15) is 17.0 Å². The van der Waals surface area contributed by atoms with Crippen LogP contribution in [0.3, 0.4) is 0 Å². The number of thioether (sulfide) groups is 1. The molecule has 152 valence electrons. The molecular weight excluding hydrogens is 436 g/mol. The minimum atomic E-state index is -0.165. The Balaban J connectivity index is 1.37. The van der Waals surface area contributed by atoms with Crippen molar-refractivity contribution in [2.24, 2.45) is 5.10 Å². The number of halogens is 1. The summed E-state index contributed by atoms with van der Waals surface area (Å²) in [6, 6.07) is 17.7. The highest BCUT2D eigenvalue weighted by molar-refractivity contribution is 8.01. The number of nitrogens with zero attached hydrogens (tertiary/aromatic N) is 3. The van der Waals surface area contributed by atoms with Crippen molar-refractivity contribution in [2.45, 2.75) is 18.2 Å². The van der Waals surface area contributed by atoms with Crippen LogP contribution in [0.15, 0.2) is 64.0 Å². The molecule has 0 saturated carbocycles. The third kappa shape index (κ3) is 4.59. The summed E-state index contributed by atoms with van der Waals surface area (Å²) < 4.78 is 4.12. The van der Waals surface area contributed by atoms with Gasteiger partial charge in [-0.15, -0.1) is 11.3 Å². The number of aryl methyl sites for hydroxylation is 1. The van der Waals surface area contributed by atoms with Crippen LogP contribution in [0.25, 0.3) is 15.9 Å². The largest absolute Gasteiger partial charge is 0.318 e. The fourth-order valence-electron chi connectivity index (χ4n) is 3.15. The fourth-order valence-corrected chi connectivity index (χ4v) is 5.14. The van der Waals surface area contributed by atoms with Crippen molar-refractivity contribution in [3.8, 4) is 5.69 Å². The standard InChI is InChI=1S/C22H19ClN4OS2/c1-14-11-16(15(2)27(14)18-9-7-17(23)8-10-18)12-24-26-21(28)13-29-22-25-19-5-3-4-6-20(19)30-22/h3-12H,13H2,1-2H3,(H,26,28)/b24-12-. The van der Waals surface area contributed by atoms with Crippen molar-refractivity contribution >= 4 is 57.0 Å². The Labute approximate surface area is 187 Å². The van der Waals surface area contributed by atoms with E-state index in [9.17, 15) is 4.79 Å². The maximum Gasteiger partial charge on any atom is 0.250 e. The van der Waals surface area contributed by atoms with Gasteiger partial charge >= 0.3 is 0 Å². The average molecular weight is 455 g/mol. The quantitative estimate of drug-likeness (QED) is 0.234. The predicted molar refractivity (Wildman–Crippen MR) is 126 cm³/mol. The van der Waals surface area contributed by atoms with Gasteiger partial charge < -0.3 is 4.57 Å². The molecule has 1 N–H and O–H groups in total. The summed E-state index contributed by atoms with van der Waals surface area (Å²) in [7, 11) is 0. The minimum Gasteiger partial charge on any atom is -0.318 e. The Morgan fingerprint density at radius 2 is 2.00 bits per heavy atom. The lowest BCUT2D eigenvalue weighted by molar-refractivity contribution is -0.118. The van der Waals surface area contributed by atoms with E-state index in [1.165, 1.54) is 11.8 Å². The number of aromatic nitrogens is 2. The number of thiazole rings is 1. The second-order valence-corrected chi connectivity index (χ2v) is 9.36. The van der Waals surface area contributed by atoms with Gasteiger partial charge in [0.15, 0.2) is 4.34 Å². The van der Waals surface area contributed by atoms with Crippen molar-refractivity contribution in [3.63, 3.8) is 0 Å². The molecule has 0 aliphatic rings. The molecular formula is C22H19ClN4OS2. The van der Waals surface area contributed by atoms with Crippen LogP contribution in [0.4, 0.5) is 0 Å². The number of fused-ring (bicyclic) bond motifs is 1. The zero-order valence-corrected chi connectivity index (χ0v) is 18.8. The molecule has 0 unspecified atom stereocenters. The summed E-state index contributed by atoms with van der Waals surface area (Å²) in [5, 5.41) is 4.83. The molecule has 0 aliphatic heterocycles. The van der Waals surface area contributed by atoms with Crippen molar-refractivity contribution in [1.29, 1.82) is 0 Å². The Bertz CT molecular complexity index is 1190. The summed E-state index contributed by atoms with van der Waals surface area (Å²) >= 11 is 8.99. The normalized spacial score (nSPS) is 11.4. The fraction of sp³-hybridized carbons (Fsp3) is 0.136. The van der Waals surface area contributed by atoms with E-state index in [2.05, 4.69) is 20.1 Å². The summed E-state index contributed by atoms with van der Waals surface area (Å²) in [5.74, 6) is 0.100. The van der Waals surface area contributed by atoms with Crippen LogP contribution >= 0.6 is 34.7 Å². The third-order valence-corrected chi connectivity index (χ3v) is 6.98. The highest BCUT2D eigenvalue weighted by atomic mass is 35.5. The highest BCUT2D eigenvalue weighted by Gasteiger charge is 2.10. The summed E-state index contributed by atoms with van der Waals surface area (Å²) in [5.41, 5.74) is 7.65. The highest BCUT2D eigenvalue weighted by Crippen LogP contribution is 2.29. The summed E-state index contributed by atoms with van der Waals surface area (Å²) in [4.78, 5) is 16.7. The molecule has 4 rings (SSSR count). The molecule has 0 aliphatic carbocycles. The minimum absolute atomic E-state index is 0.165. The first-order valence-electron chi connectivity index (χ1n) is 9.26. The van der Waals surface area contributed by atoms with Gasteiger partial charge in [-0.1, -0.05) is 35.5 Å². The Kier molecular flexibility index (Phi) is 6.22. The van der Waals surface area contributed by atoms with E-state index in [0.717, 1.165) is 37.2 Å². The maximum absolute atomic E-state index is 12.1. The van der Waals surface area contributed by atoms with Crippen molar-refractivity contribution < 1.29 is 4.79 Å². The lowest BCUT2D eigenvalue weighted by Crippen LogP contribution is -2.19. The number of rotatable bonds is 6. The molecule has 0 bridgehead atoms. The molecule has 0 spiro atoms. The number of benzene rings is 2. The van der Waals surface area contributed by atoms with Gasteiger partial charge in [-0.05, 0) is 56.3 Å². The summed E-state index contributed by atoms with van der Waals surface area (Å²) in [6.07, 6.45) is 1.68. The number of hydrogen-bond donors (Lipinski definition) is 1. The van der Waals surface area contributed by atoms with Crippen LogP contribution in [0.5, 0.6) is 0 Å². The number of carbonyl (C=O) groups is 1. The van der Waals surface area contributed by atoms with E-state index in [4.69, 9.17) is 11.6 Å². The number of hydrazone groups is 1. The van der Waals surface area contributed by atoms with E-state index < -0.39 is 0 Å². The summed E-state index contributed by atoms with van der Waals surface area (Å²) in [6.45, 7) is 4.06. The molecule has 5 nitrogen and oxygen atoms in total. The van der Waals surface area contributed by atoms with Crippen LogP contribution in [0.2, 0.25) is 5.02 Å². The zero-order valence-electron chi connectivity index (χ0n) is 16.4. The lowest BCUT2D eigenvalue weighted by Gasteiger charge is -2.09. The molecule has 2 aromatic carbocycles. The Morgan fingerprint density at radius 3 is 2.77 bits per heavy atom. The zero-order chi connectivity index (χ0) is 21.1. The molecule has 0 saturated heterocycles. The molecule has 8 heteroatoms. The number of para-hydroxylation sites is 1. The van der Waals surface area contributed by atoms with Crippen molar-refractivity contribution in [1.82, 2.24) is 15.0 Å².